The van der Waals surface area contributed by atoms with E-state index in [-0.39, 0.29) is 17.7 Å². The molecule has 2 aromatic heterocycles. The van der Waals surface area contributed by atoms with Gasteiger partial charge in [-0.3, -0.25) is 9.59 Å². The molecular formula is C21H18N4O3S. The summed E-state index contributed by atoms with van der Waals surface area (Å²) in [5, 5.41) is 10.8. The molecule has 146 valence electrons. The van der Waals surface area contributed by atoms with Gasteiger partial charge in [0.25, 0.3) is 6.47 Å². The number of anilines is 1. The van der Waals surface area contributed by atoms with Crippen molar-refractivity contribution in [3.8, 4) is 22.3 Å². The monoisotopic (exact) mass is 406 g/mol. The van der Waals surface area contributed by atoms with Crippen LogP contribution in [0.1, 0.15) is 13.8 Å². The second-order valence-electron chi connectivity index (χ2n) is 6.68. The van der Waals surface area contributed by atoms with Gasteiger partial charge >= 0.3 is 0 Å². The fourth-order valence-corrected chi connectivity index (χ4v) is 3.58. The molecule has 1 amide bonds. The van der Waals surface area contributed by atoms with Crippen molar-refractivity contribution in [1.82, 2.24) is 14.8 Å². The van der Waals surface area contributed by atoms with Crippen molar-refractivity contribution in [3.05, 3.63) is 53.9 Å². The Hall–Kier alpha value is -3.52. The second-order valence-corrected chi connectivity index (χ2v) is 7.52. The molecule has 2 heterocycles. The molecule has 0 bridgehead atoms. The SMILES string of the molecule is CC(C)C(=O)Nc1ccc2c(-c3ccccc3)nn(-c3nc(OC=O)cs3)c2c1. The Labute approximate surface area is 171 Å². The predicted octanol–water partition coefficient (Wildman–Crippen LogP) is 4.28. The Balaban J connectivity index is 1.87. The molecule has 0 aliphatic carbocycles. The lowest BCUT2D eigenvalue weighted by molar-refractivity contribution is -0.121. The van der Waals surface area contributed by atoms with E-state index >= 15 is 0 Å². The van der Waals surface area contributed by atoms with Crippen LogP contribution in [0, 0.1) is 5.92 Å². The highest BCUT2D eigenvalue weighted by Crippen LogP contribution is 2.33. The van der Waals surface area contributed by atoms with Gasteiger partial charge in [-0.05, 0) is 18.2 Å². The van der Waals surface area contributed by atoms with Crippen LogP contribution >= 0.6 is 11.3 Å². The third kappa shape index (κ3) is 3.74. The molecule has 4 aromatic rings. The van der Waals surface area contributed by atoms with Crippen molar-refractivity contribution in [1.29, 1.82) is 0 Å². The first-order chi connectivity index (χ1) is 14.1. The number of amides is 1. The minimum atomic E-state index is -0.127. The molecule has 2 aromatic carbocycles. The smallest absolute Gasteiger partial charge is 0.299 e. The molecule has 7 nitrogen and oxygen atoms in total. The van der Waals surface area contributed by atoms with Gasteiger partial charge in [-0.1, -0.05) is 55.5 Å². The number of rotatable bonds is 6. The zero-order valence-electron chi connectivity index (χ0n) is 15.8. The van der Waals surface area contributed by atoms with Crippen LogP contribution in [0.2, 0.25) is 0 Å². The Kier molecular flexibility index (Phi) is 5.09. The van der Waals surface area contributed by atoms with Crippen LogP contribution in [0.15, 0.2) is 53.9 Å². The molecular weight excluding hydrogens is 388 g/mol. The minimum absolute atomic E-state index is 0.0605. The van der Waals surface area contributed by atoms with Crippen LogP contribution < -0.4 is 10.1 Å². The highest BCUT2D eigenvalue weighted by molar-refractivity contribution is 7.12. The maximum atomic E-state index is 12.1. The minimum Gasteiger partial charge on any atom is -0.409 e. The molecule has 0 spiro atoms. The number of nitrogens with zero attached hydrogens (tertiary/aromatic N) is 3. The predicted molar refractivity (Wildman–Crippen MR) is 112 cm³/mol. The molecule has 0 radical (unpaired) electrons. The summed E-state index contributed by atoms with van der Waals surface area (Å²) >= 11 is 1.31. The van der Waals surface area contributed by atoms with E-state index in [2.05, 4.69) is 10.3 Å². The molecule has 29 heavy (non-hydrogen) atoms. The molecule has 0 fully saturated rings. The summed E-state index contributed by atoms with van der Waals surface area (Å²) in [7, 11) is 0. The average molecular weight is 406 g/mol. The van der Waals surface area contributed by atoms with Gasteiger partial charge in [0.05, 0.1) is 10.9 Å². The van der Waals surface area contributed by atoms with Gasteiger partial charge in [0, 0.05) is 22.6 Å². The van der Waals surface area contributed by atoms with E-state index in [4.69, 9.17) is 9.84 Å². The van der Waals surface area contributed by atoms with Crippen molar-refractivity contribution >= 4 is 40.3 Å². The molecule has 0 saturated carbocycles. The lowest BCUT2D eigenvalue weighted by Gasteiger charge is -2.08. The van der Waals surface area contributed by atoms with E-state index in [0.29, 0.717) is 17.3 Å². The van der Waals surface area contributed by atoms with E-state index < -0.39 is 0 Å². The van der Waals surface area contributed by atoms with Crippen molar-refractivity contribution < 1.29 is 14.3 Å². The average Bonchev–Trinajstić information content (AvgIpc) is 3.33. The Morgan fingerprint density at radius 1 is 1.21 bits per heavy atom. The number of fused-ring (bicyclic) bond motifs is 1. The molecule has 0 atom stereocenters. The standard InChI is InChI=1S/C21H18N4O3S/c1-13(2)20(27)22-15-8-9-16-17(10-15)25(21-23-18(11-29-21)28-12-26)24-19(16)14-6-4-3-5-7-14/h3-13H,1-2H3,(H,22,27). The Morgan fingerprint density at radius 3 is 2.72 bits per heavy atom. The summed E-state index contributed by atoms with van der Waals surface area (Å²) in [5.41, 5.74) is 3.24. The van der Waals surface area contributed by atoms with Gasteiger partial charge < -0.3 is 10.1 Å². The van der Waals surface area contributed by atoms with E-state index in [1.807, 2.05) is 62.4 Å². The summed E-state index contributed by atoms with van der Waals surface area (Å²) in [5.74, 6) is 0.0290. The van der Waals surface area contributed by atoms with Crippen molar-refractivity contribution in [3.63, 3.8) is 0 Å². The Bertz CT molecular complexity index is 1180. The third-order valence-electron chi connectivity index (χ3n) is 4.34. The van der Waals surface area contributed by atoms with Crippen LogP contribution in [0.25, 0.3) is 27.3 Å². The third-order valence-corrected chi connectivity index (χ3v) is 5.14. The summed E-state index contributed by atoms with van der Waals surface area (Å²) in [6, 6.07) is 15.5. The summed E-state index contributed by atoms with van der Waals surface area (Å²) in [6.45, 7) is 4.03. The van der Waals surface area contributed by atoms with Gasteiger partial charge in [0.15, 0.2) is 0 Å². The van der Waals surface area contributed by atoms with Crippen LogP contribution in [0.4, 0.5) is 5.69 Å². The van der Waals surface area contributed by atoms with E-state index in [9.17, 15) is 9.59 Å². The molecule has 8 heteroatoms. The number of carbonyl (C=O) groups is 2. The van der Waals surface area contributed by atoms with Crippen molar-refractivity contribution in [2.45, 2.75) is 13.8 Å². The van der Waals surface area contributed by atoms with Gasteiger partial charge in [-0.2, -0.15) is 10.1 Å². The number of nitrogens with one attached hydrogen (secondary N) is 1. The van der Waals surface area contributed by atoms with Crippen LogP contribution in [0.3, 0.4) is 0 Å². The highest BCUT2D eigenvalue weighted by Gasteiger charge is 2.17. The lowest BCUT2D eigenvalue weighted by Crippen LogP contribution is -2.17. The molecule has 1 N–H and O–H groups in total. The molecule has 0 saturated heterocycles. The molecule has 0 aliphatic heterocycles. The van der Waals surface area contributed by atoms with Gasteiger partial charge in [-0.25, -0.2) is 4.68 Å². The van der Waals surface area contributed by atoms with Gasteiger partial charge in [0.1, 0.15) is 5.69 Å². The molecule has 4 rings (SSSR count). The van der Waals surface area contributed by atoms with Crippen molar-refractivity contribution in [2.24, 2.45) is 5.92 Å². The summed E-state index contributed by atoms with van der Waals surface area (Å²) < 4.78 is 6.53. The second kappa shape index (κ2) is 7.84. The number of carbonyl (C=O) groups excluding carboxylic acids is 2. The maximum Gasteiger partial charge on any atom is 0.299 e. The number of aromatic nitrogens is 3. The van der Waals surface area contributed by atoms with E-state index in [0.717, 1.165) is 22.2 Å². The largest absolute Gasteiger partial charge is 0.409 e. The first kappa shape index (κ1) is 18.8. The number of hydrogen-bond acceptors (Lipinski definition) is 6. The number of ether oxygens (including phenoxy) is 1. The van der Waals surface area contributed by atoms with E-state index in [1.165, 1.54) is 11.3 Å². The fraction of sp³-hybridized carbons (Fsp3) is 0.143. The quantitative estimate of drug-likeness (QED) is 0.483. The summed E-state index contributed by atoms with van der Waals surface area (Å²) in [6.07, 6.45) is 0. The maximum absolute atomic E-state index is 12.1. The Morgan fingerprint density at radius 2 is 2.00 bits per heavy atom. The van der Waals surface area contributed by atoms with Crippen molar-refractivity contribution in [2.75, 3.05) is 5.32 Å². The van der Waals surface area contributed by atoms with Crippen LogP contribution in [0.5, 0.6) is 5.88 Å². The normalized spacial score (nSPS) is 11.0. The zero-order valence-corrected chi connectivity index (χ0v) is 16.6. The number of hydrogen-bond donors (Lipinski definition) is 1. The highest BCUT2D eigenvalue weighted by atomic mass is 32.1. The molecule has 0 unspecified atom stereocenters. The van der Waals surface area contributed by atoms with E-state index in [1.54, 1.807) is 10.1 Å². The topological polar surface area (TPSA) is 86.1 Å². The first-order valence-electron chi connectivity index (χ1n) is 9.02. The van der Waals surface area contributed by atoms with Crippen LogP contribution in [-0.4, -0.2) is 27.1 Å². The van der Waals surface area contributed by atoms with Crippen LogP contribution in [-0.2, 0) is 9.59 Å². The number of thiazole rings is 1. The van der Waals surface area contributed by atoms with Gasteiger partial charge in [0.2, 0.25) is 16.9 Å². The number of benzene rings is 2. The first-order valence-corrected chi connectivity index (χ1v) is 9.90. The van der Waals surface area contributed by atoms with Gasteiger partial charge in [-0.15, -0.1) is 0 Å². The molecule has 0 aliphatic rings. The zero-order chi connectivity index (χ0) is 20.4. The lowest BCUT2D eigenvalue weighted by atomic mass is 10.1. The summed E-state index contributed by atoms with van der Waals surface area (Å²) in [4.78, 5) is 27.0. The fourth-order valence-electron chi connectivity index (χ4n) is 2.89.